The van der Waals surface area contributed by atoms with E-state index < -0.39 is 0 Å². The van der Waals surface area contributed by atoms with E-state index in [9.17, 15) is 0 Å². The van der Waals surface area contributed by atoms with Crippen LogP contribution in [0.3, 0.4) is 0 Å². The Morgan fingerprint density at radius 2 is 0.545 bits per heavy atom. The van der Waals surface area contributed by atoms with Gasteiger partial charge in [0.2, 0.25) is 0 Å². The second kappa shape index (κ2) is 28.5. The summed E-state index contributed by atoms with van der Waals surface area (Å²) in [6.45, 7) is 23.5. The van der Waals surface area contributed by atoms with Crippen LogP contribution in [0.25, 0.3) is 65.7 Å². The van der Waals surface area contributed by atoms with Crippen molar-refractivity contribution >= 4 is 83.5 Å². The van der Waals surface area contributed by atoms with Gasteiger partial charge in [0.15, 0.2) is 0 Å². The molecule has 15 aromatic carbocycles. The molecule has 4 nitrogen and oxygen atoms in total. The molecule has 1 heterocycles. The van der Waals surface area contributed by atoms with Crippen LogP contribution < -0.4 is 19.4 Å². The average Bonchev–Trinajstić information content (AvgIpc) is 1.54. The summed E-state index contributed by atoms with van der Waals surface area (Å²) in [5.74, 6) is 4.38. The fourth-order valence-electron chi connectivity index (χ4n) is 19.7. The van der Waals surface area contributed by atoms with Crippen LogP contribution in [0.1, 0.15) is 141 Å². The van der Waals surface area contributed by atoms with Gasteiger partial charge in [0.1, 0.15) is 11.4 Å². The summed E-state index contributed by atoms with van der Waals surface area (Å²) in [7, 11) is 0. The van der Waals surface area contributed by atoms with Crippen LogP contribution in [0.15, 0.2) is 346 Å². The first-order chi connectivity index (χ1) is 54.3. The first-order valence-electron chi connectivity index (χ1n) is 40.7. The van der Waals surface area contributed by atoms with Crippen LogP contribution >= 0.6 is 0 Å². The summed E-state index contributed by atoms with van der Waals surface area (Å²) in [4.78, 5) is 7.19. The molecule has 554 valence electrons. The zero-order valence-electron chi connectivity index (χ0n) is 66.5. The number of nitrogens with zero attached hydrogens (tertiary/aromatic N) is 3. The number of rotatable bonds is 12. The lowest BCUT2D eigenvalue weighted by Gasteiger charge is -2.44. The third-order valence-corrected chi connectivity index (χ3v) is 27.5. The number of ether oxygens (including phenoxy) is 1. The summed E-state index contributed by atoms with van der Waals surface area (Å²) < 4.78 is 6.38. The molecule has 0 saturated heterocycles. The highest BCUT2D eigenvalue weighted by Gasteiger charge is 2.57. The fraction of sp³-hybridized carbons (Fsp3) is 0.222. The van der Waals surface area contributed by atoms with E-state index >= 15 is 0 Å². The SMILES string of the molecule is CC1(C)Oc2ccc(-c3cc4ccccc4cc3N(c3ccccc3)c3ccccc3)cc2C1(C)C.CC1(C)c2ccc(-c3cc4ccccc4cc3N(c3ccccc3)c3ccccc3)cc2C(C)(C)C1(C)C.c1ccc(N(c2ccccc2)c2cc3ccccc3cc2-c2ccc3c(c2)C2CC4CC(CC3C4)C2)cc1. The van der Waals surface area contributed by atoms with Gasteiger partial charge in [-0.1, -0.05) is 280 Å². The number of fused-ring (bicyclic) bond motifs is 5. The molecule has 2 atom stereocenters. The molecule has 4 heteroatoms. The van der Waals surface area contributed by atoms with Gasteiger partial charge in [-0.25, -0.2) is 0 Å². The summed E-state index contributed by atoms with van der Waals surface area (Å²) in [5.41, 5.74) is 25.5. The van der Waals surface area contributed by atoms with E-state index in [0.717, 1.165) is 57.9 Å². The van der Waals surface area contributed by atoms with Gasteiger partial charge in [0.25, 0.3) is 0 Å². The summed E-state index contributed by atoms with van der Waals surface area (Å²) in [6.07, 6.45) is 7.10. The summed E-state index contributed by atoms with van der Waals surface area (Å²) >= 11 is 0. The molecular formula is C108H101N3O. The molecule has 6 aliphatic rings. The van der Waals surface area contributed by atoms with Crippen molar-refractivity contribution in [3.63, 3.8) is 0 Å². The maximum absolute atomic E-state index is 6.38. The average molecular weight is 1460 g/mol. The van der Waals surface area contributed by atoms with Crippen molar-refractivity contribution in [3.05, 3.63) is 374 Å². The Bertz CT molecular complexity index is 5830. The molecule has 2 unspecified atom stereocenters. The van der Waals surface area contributed by atoms with E-state index in [0.29, 0.717) is 0 Å². The molecule has 15 aromatic rings. The Hall–Kier alpha value is -11.7. The maximum Gasteiger partial charge on any atom is 0.124 e. The largest absolute Gasteiger partial charge is 0.487 e. The minimum atomic E-state index is -0.264. The van der Waals surface area contributed by atoms with Crippen LogP contribution in [0.2, 0.25) is 0 Å². The van der Waals surface area contributed by atoms with E-state index in [1.807, 2.05) is 0 Å². The molecule has 4 bridgehead atoms. The molecular weight excluding hydrogens is 1360 g/mol. The van der Waals surface area contributed by atoms with Crippen molar-refractivity contribution in [2.75, 3.05) is 14.7 Å². The monoisotopic (exact) mass is 1460 g/mol. The molecule has 112 heavy (non-hydrogen) atoms. The first-order valence-corrected chi connectivity index (χ1v) is 40.7. The van der Waals surface area contributed by atoms with Gasteiger partial charge in [-0.15, -0.1) is 0 Å². The second-order valence-electron chi connectivity index (χ2n) is 34.9. The number of para-hydroxylation sites is 6. The topological polar surface area (TPSA) is 19.0 Å². The Kier molecular flexibility index (Phi) is 18.3. The van der Waals surface area contributed by atoms with Crippen molar-refractivity contribution in [2.45, 2.75) is 135 Å². The molecule has 2 fully saturated rings. The number of benzene rings is 15. The van der Waals surface area contributed by atoms with Gasteiger partial charge in [0, 0.05) is 61.8 Å². The van der Waals surface area contributed by atoms with Gasteiger partial charge in [0.05, 0.1) is 17.1 Å². The van der Waals surface area contributed by atoms with Crippen LogP contribution in [0.4, 0.5) is 51.2 Å². The van der Waals surface area contributed by atoms with E-state index in [1.165, 1.54) is 137 Å². The second-order valence-corrected chi connectivity index (χ2v) is 34.9. The van der Waals surface area contributed by atoms with Gasteiger partial charge in [-0.2, -0.15) is 0 Å². The van der Waals surface area contributed by atoms with Crippen molar-refractivity contribution in [3.8, 4) is 39.1 Å². The van der Waals surface area contributed by atoms with Crippen molar-refractivity contribution < 1.29 is 4.74 Å². The highest BCUT2D eigenvalue weighted by Crippen LogP contribution is 2.63. The summed E-state index contributed by atoms with van der Waals surface area (Å²) in [6, 6.07) is 126. The van der Waals surface area contributed by atoms with E-state index in [1.54, 1.807) is 11.1 Å². The van der Waals surface area contributed by atoms with Crippen LogP contribution in [0, 0.1) is 17.3 Å². The first kappa shape index (κ1) is 71.9. The molecule has 2 saturated carbocycles. The van der Waals surface area contributed by atoms with Crippen LogP contribution in [0.5, 0.6) is 5.75 Å². The van der Waals surface area contributed by atoms with Gasteiger partial charge < -0.3 is 19.4 Å². The fourth-order valence-corrected chi connectivity index (χ4v) is 19.7. The van der Waals surface area contributed by atoms with E-state index in [2.05, 4.69) is 430 Å². The standard InChI is InChI=1S/C37H33N.C37H37N.C34H31NO/c1-3-11-32(12-4-1)38(33-13-5-2-6-14-33)37-24-28-10-8-7-9-27(28)22-36(37)29-15-16-34-30-18-25-17-26(19-30)21-31(20-25)35(34)23-29;1-35(2)32-22-21-28(24-33(32)36(3,4)37(35,5)6)31-23-26-15-13-14-16-27(26)25-34(31)38(29-17-9-7-10-18-29)30-19-11-8-12-20-30;1-33(2)30-22-26(19-20-32(30)36-34(33,3)4)29-21-24-13-11-12-14-25(24)23-31(29)35(27-15-7-5-8-16-27)28-17-9-6-10-18-28/h1-16,22-26,30-31H,17-21H2;7-25H,1-6H3;5-23H,1-4H3. The molecule has 0 amide bonds. The lowest BCUT2D eigenvalue weighted by molar-refractivity contribution is 0.0712. The zero-order chi connectivity index (χ0) is 76.7. The van der Waals surface area contributed by atoms with E-state index in [-0.39, 0.29) is 27.3 Å². The molecule has 21 rings (SSSR count). The van der Waals surface area contributed by atoms with Gasteiger partial charge >= 0.3 is 0 Å². The molecule has 1 aliphatic heterocycles. The predicted octanol–water partition coefficient (Wildman–Crippen LogP) is 30.4. The molecule has 0 spiro atoms. The third-order valence-electron chi connectivity index (χ3n) is 27.5. The minimum absolute atomic E-state index is 0.0530. The van der Waals surface area contributed by atoms with Crippen LogP contribution in [-0.2, 0) is 16.2 Å². The highest BCUT2D eigenvalue weighted by atomic mass is 16.5. The molecule has 0 aromatic heterocycles. The van der Waals surface area contributed by atoms with Crippen LogP contribution in [-0.4, -0.2) is 5.60 Å². The Morgan fingerprint density at radius 3 is 0.911 bits per heavy atom. The van der Waals surface area contributed by atoms with Crippen molar-refractivity contribution in [1.29, 1.82) is 0 Å². The normalized spacial score (nSPS) is 18.5. The third kappa shape index (κ3) is 12.7. The lowest BCUT2D eigenvalue weighted by Crippen LogP contribution is -2.42. The maximum atomic E-state index is 6.38. The number of anilines is 9. The van der Waals surface area contributed by atoms with E-state index in [4.69, 9.17) is 4.74 Å². The van der Waals surface area contributed by atoms with Crippen molar-refractivity contribution in [2.24, 2.45) is 17.3 Å². The Labute approximate surface area is 663 Å². The predicted molar refractivity (Wildman–Crippen MR) is 475 cm³/mol. The summed E-state index contributed by atoms with van der Waals surface area (Å²) in [5, 5.41) is 7.52. The quantitative estimate of drug-likeness (QED) is 0.121. The minimum Gasteiger partial charge on any atom is -0.487 e. The van der Waals surface area contributed by atoms with Gasteiger partial charge in [-0.3, -0.25) is 0 Å². The lowest BCUT2D eigenvalue weighted by atomic mass is 9.59. The van der Waals surface area contributed by atoms with Crippen molar-refractivity contribution in [1.82, 2.24) is 0 Å². The molecule has 0 radical (unpaired) electrons. The highest BCUT2D eigenvalue weighted by molar-refractivity contribution is 6.02. The number of hydrogen-bond donors (Lipinski definition) is 0. The molecule has 5 aliphatic carbocycles. The molecule has 0 N–H and O–H groups in total. The number of hydrogen-bond acceptors (Lipinski definition) is 4. The Balaban J connectivity index is 0.000000117. The zero-order valence-corrected chi connectivity index (χ0v) is 66.5. The Morgan fingerprint density at radius 1 is 0.250 bits per heavy atom. The van der Waals surface area contributed by atoms with Gasteiger partial charge in [-0.05, 0) is 278 Å². The smallest absolute Gasteiger partial charge is 0.124 e.